The lowest BCUT2D eigenvalue weighted by molar-refractivity contribution is -0.117. The Kier molecular flexibility index (Phi) is 5.37. The van der Waals surface area contributed by atoms with E-state index < -0.39 is 9.84 Å². The van der Waals surface area contributed by atoms with E-state index in [0.717, 1.165) is 6.42 Å². The standard InChI is InChI=1S/C19H24ClN3O4S/c20-14-3-4-16(17(12-14)23-6-1-2-18(23)24)19(25)22-9-7-21(8-10-22)15-5-11-28(26,27)13-15/h3-4,12,15H,1-2,5-11,13H2. The zero-order valence-electron chi connectivity index (χ0n) is 15.6. The number of amides is 2. The molecule has 3 aliphatic heterocycles. The van der Waals surface area contributed by atoms with E-state index in [-0.39, 0.29) is 29.4 Å². The third-order valence-corrected chi connectivity index (χ3v) is 7.87. The molecule has 0 bridgehead atoms. The van der Waals surface area contributed by atoms with E-state index in [1.807, 2.05) is 0 Å². The topological polar surface area (TPSA) is 78.0 Å². The Balaban J connectivity index is 1.47. The number of hydrogen-bond acceptors (Lipinski definition) is 5. The summed E-state index contributed by atoms with van der Waals surface area (Å²) in [5.41, 5.74) is 1.08. The molecule has 1 unspecified atom stereocenters. The minimum Gasteiger partial charge on any atom is -0.336 e. The van der Waals surface area contributed by atoms with Crippen LogP contribution in [-0.4, -0.2) is 80.3 Å². The lowest BCUT2D eigenvalue weighted by Crippen LogP contribution is -2.52. The van der Waals surface area contributed by atoms with Gasteiger partial charge in [0, 0.05) is 50.2 Å². The van der Waals surface area contributed by atoms with Gasteiger partial charge in [0.05, 0.1) is 22.8 Å². The van der Waals surface area contributed by atoms with E-state index in [1.54, 1.807) is 28.0 Å². The molecule has 152 valence electrons. The summed E-state index contributed by atoms with van der Waals surface area (Å²) in [7, 11) is -2.91. The molecule has 0 aliphatic carbocycles. The van der Waals surface area contributed by atoms with E-state index in [9.17, 15) is 18.0 Å². The van der Waals surface area contributed by atoms with Gasteiger partial charge in [0.2, 0.25) is 5.91 Å². The zero-order chi connectivity index (χ0) is 19.9. The van der Waals surface area contributed by atoms with E-state index >= 15 is 0 Å². The van der Waals surface area contributed by atoms with Gasteiger partial charge in [0.1, 0.15) is 0 Å². The van der Waals surface area contributed by atoms with Crippen LogP contribution in [0.2, 0.25) is 5.02 Å². The van der Waals surface area contributed by atoms with Crippen molar-refractivity contribution < 1.29 is 18.0 Å². The van der Waals surface area contributed by atoms with Gasteiger partial charge >= 0.3 is 0 Å². The average Bonchev–Trinajstić information content (AvgIpc) is 3.26. The second-order valence-electron chi connectivity index (χ2n) is 7.70. The SMILES string of the molecule is O=C(c1ccc(Cl)cc1N1CCCC1=O)N1CCN(C2CCS(=O)(=O)C2)CC1. The van der Waals surface area contributed by atoms with Crippen molar-refractivity contribution in [2.75, 3.05) is 49.1 Å². The number of halogens is 1. The minimum atomic E-state index is -2.91. The van der Waals surface area contributed by atoms with Crippen molar-refractivity contribution in [3.05, 3.63) is 28.8 Å². The van der Waals surface area contributed by atoms with Gasteiger partial charge in [-0.3, -0.25) is 14.5 Å². The largest absolute Gasteiger partial charge is 0.336 e. The van der Waals surface area contributed by atoms with Gasteiger partial charge in [-0.2, -0.15) is 0 Å². The fourth-order valence-corrected chi connectivity index (χ4v) is 6.26. The Morgan fingerprint density at radius 2 is 1.86 bits per heavy atom. The summed E-state index contributed by atoms with van der Waals surface area (Å²) < 4.78 is 23.4. The molecule has 0 radical (unpaired) electrons. The summed E-state index contributed by atoms with van der Waals surface area (Å²) in [4.78, 5) is 31.0. The third kappa shape index (κ3) is 3.90. The highest BCUT2D eigenvalue weighted by Crippen LogP contribution is 2.30. The smallest absolute Gasteiger partial charge is 0.256 e. The number of carbonyl (C=O) groups is 2. The Morgan fingerprint density at radius 3 is 2.46 bits per heavy atom. The lowest BCUT2D eigenvalue weighted by atomic mass is 10.1. The van der Waals surface area contributed by atoms with Crippen molar-refractivity contribution in [2.45, 2.75) is 25.3 Å². The van der Waals surface area contributed by atoms with Crippen LogP contribution >= 0.6 is 11.6 Å². The summed E-state index contributed by atoms with van der Waals surface area (Å²) in [6, 6.07) is 5.13. The van der Waals surface area contributed by atoms with Crippen LogP contribution in [0, 0.1) is 0 Å². The zero-order valence-corrected chi connectivity index (χ0v) is 17.2. The maximum atomic E-state index is 13.2. The predicted molar refractivity (Wildman–Crippen MR) is 108 cm³/mol. The molecular formula is C19H24ClN3O4S. The molecule has 0 spiro atoms. The second kappa shape index (κ2) is 7.65. The predicted octanol–water partition coefficient (Wildman–Crippen LogP) is 1.41. The second-order valence-corrected chi connectivity index (χ2v) is 10.4. The van der Waals surface area contributed by atoms with Crippen LogP contribution in [-0.2, 0) is 14.6 Å². The first-order valence-corrected chi connectivity index (χ1v) is 11.9. The Labute approximate surface area is 170 Å². The fourth-order valence-electron chi connectivity index (χ4n) is 4.34. The van der Waals surface area contributed by atoms with Crippen LogP contribution in [0.3, 0.4) is 0 Å². The number of nitrogens with zero attached hydrogens (tertiary/aromatic N) is 3. The summed E-state index contributed by atoms with van der Waals surface area (Å²) in [6.07, 6.45) is 1.94. The van der Waals surface area contributed by atoms with Crippen LogP contribution in [0.15, 0.2) is 18.2 Å². The molecule has 28 heavy (non-hydrogen) atoms. The molecular weight excluding hydrogens is 402 g/mol. The summed E-state index contributed by atoms with van der Waals surface area (Å²) in [6.45, 7) is 3.02. The molecule has 3 fully saturated rings. The number of piperazine rings is 1. The molecule has 2 amide bonds. The molecule has 3 aliphatic rings. The maximum Gasteiger partial charge on any atom is 0.256 e. The fraction of sp³-hybridized carbons (Fsp3) is 0.579. The highest BCUT2D eigenvalue weighted by Gasteiger charge is 2.35. The van der Waals surface area contributed by atoms with Crippen molar-refractivity contribution in [2.24, 2.45) is 0 Å². The van der Waals surface area contributed by atoms with Crippen molar-refractivity contribution >= 4 is 38.9 Å². The van der Waals surface area contributed by atoms with Crippen molar-refractivity contribution in [1.29, 1.82) is 0 Å². The summed E-state index contributed by atoms with van der Waals surface area (Å²) >= 11 is 6.13. The molecule has 7 nitrogen and oxygen atoms in total. The minimum absolute atomic E-state index is 0.0172. The number of benzene rings is 1. The highest BCUT2D eigenvalue weighted by molar-refractivity contribution is 7.91. The molecule has 4 rings (SSSR count). The van der Waals surface area contributed by atoms with E-state index in [0.29, 0.717) is 61.8 Å². The molecule has 9 heteroatoms. The first kappa shape index (κ1) is 19.7. The molecule has 3 saturated heterocycles. The molecule has 1 aromatic carbocycles. The van der Waals surface area contributed by atoms with Crippen LogP contribution in [0.1, 0.15) is 29.6 Å². The Bertz CT molecular complexity index is 896. The summed E-state index contributed by atoms with van der Waals surface area (Å²) in [5, 5.41) is 0.499. The van der Waals surface area contributed by atoms with Gasteiger partial charge in [-0.1, -0.05) is 11.6 Å². The quantitative estimate of drug-likeness (QED) is 0.731. The highest BCUT2D eigenvalue weighted by atomic mass is 35.5. The molecule has 0 saturated carbocycles. The Morgan fingerprint density at radius 1 is 1.11 bits per heavy atom. The van der Waals surface area contributed by atoms with Gasteiger partial charge in [0.25, 0.3) is 5.91 Å². The maximum absolute atomic E-state index is 13.2. The van der Waals surface area contributed by atoms with Crippen LogP contribution in [0.4, 0.5) is 5.69 Å². The first-order chi connectivity index (χ1) is 13.3. The summed E-state index contributed by atoms with van der Waals surface area (Å²) in [5.74, 6) is 0.391. The molecule has 1 atom stereocenters. The van der Waals surface area contributed by atoms with Crippen LogP contribution in [0.5, 0.6) is 0 Å². The number of hydrogen-bond donors (Lipinski definition) is 0. The van der Waals surface area contributed by atoms with Gasteiger partial charge in [-0.25, -0.2) is 8.42 Å². The van der Waals surface area contributed by atoms with Gasteiger partial charge in [0.15, 0.2) is 9.84 Å². The van der Waals surface area contributed by atoms with E-state index in [4.69, 9.17) is 11.6 Å². The molecule has 0 N–H and O–H groups in total. The Hall–Kier alpha value is -1.64. The normalized spacial score (nSPS) is 25.5. The molecule has 0 aromatic heterocycles. The molecule has 1 aromatic rings. The molecule has 3 heterocycles. The first-order valence-electron chi connectivity index (χ1n) is 9.68. The van der Waals surface area contributed by atoms with E-state index in [2.05, 4.69) is 4.90 Å². The van der Waals surface area contributed by atoms with Crippen molar-refractivity contribution in [1.82, 2.24) is 9.80 Å². The number of rotatable bonds is 3. The van der Waals surface area contributed by atoms with Gasteiger partial charge in [-0.05, 0) is 31.0 Å². The number of anilines is 1. The monoisotopic (exact) mass is 425 g/mol. The number of carbonyl (C=O) groups excluding carboxylic acids is 2. The van der Waals surface area contributed by atoms with Crippen molar-refractivity contribution in [3.63, 3.8) is 0 Å². The number of sulfone groups is 1. The van der Waals surface area contributed by atoms with Gasteiger partial charge in [-0.15, -0.1) is 0 Å². The van der Waals surface area contributed by atoms with Gasteiger partial charge < -0.3 is 9.80 Å². The van der Waals surface area contributed by atoms with Crippen molar-refractivity contribution in [3.8, 4) is 0 Å². The van der Waals surface area contributed by atoms with Crippen LogP contribution < -0.4 is 4.90 Å². The average molecular weight is 426 g/mol. The third-order valence-electron chi connectivity index (χ3n) is 5.88. The lowest BCUT2D eigenvalue weighted by Gasteiger charge is -2.38. The van der Waals surface area contributed by atoms with Crippen LogP contribution in [0.25, 0.3) is 0 Å². The van der Waals surface area contributed by atoms with E-state index in [1.165, 1.54) is 0 Å².